The van der Waals surface area contributed by atoms with Crippen LogP contribution in [0.25, 0.3) is 0 Å². The summed E-state index contributed by atoms with van der Waals surface area (Å²) < 4.78 is 0. The fourth-order valence-electron chi connectivity index (χ4n) is 4.71. The van der Waals surface area contributed by atoms with Crippen molar-refractivity contribution in [1.82, 2.24) is 0 Å². The van der Waals surface area contributed by atoms with Gasteiger partial charge in [0.2, 0.25) is 0 Å². The molecule has 3 nitrogen and oxygen atoms in total. The van der Waals surface area contributed by atoms with Crippen molar-refractivity contribution in [3.05, 3.63) is 58.7 Å². The van der Waals surface area contributed by atoms with Gasteiger partial charge in [-0.15, -0.1) is 0 Å². The fraction of sp³-hybridized carbons (Fsp3) is 0.556. The molecular weight excluding hydrogens is 368 g/mol. The Morgan fingerprint density at radius 1 is 0.800 bits per heavy atom. The maximum atomic E-state index is 11.2. The lowest BCUT2D eigenvalue weighted by Crippen LogP contribution is -3.10. The first-order chi connectivity index (χ1) is 13.9. The monoisotopic (exact) mass is 409 g/mol. The Balaban J connectivity index is 2.20. The average molecular weight is 410 g/mol. The van der Waals surface area contributed by atoms with E-state index in [1.54, 1.807) is 4.90 Å². The highest BCUT2D eigenvalue weighted by Crippen LogP contribution is 2.41. The Hall–Kier alpha value is -2.00. The number of nitrogens with one attached hydrogen (secondary N) is 1. The number of anilines is 1. The first kappa shape index (κ1) is 22.7. The van der Waals surface area contributed by atoms with Gasteiger partial charge in [-0.3, -0.25) is 0 Å². The van der Waals surface area contributed by atoms with E-state index in [2.05, 4.69) is 96.9 Å². The maximum Gasteiger partial charge on any atom is 0.139 e. The number of aromatic hydroxyl groups is 1. The minimum absolute atomic E-state index is 0.111. The smallest absolute Gasteiger partial charge is 0.139 e. The number of likely N-dealkylation sites (tertiary alicyclic amines) is 1. The van der Waals surface area contributed by atoms with Crippen LogP contribution >= 0.6 is 0 Å². The first-order valence-corrected chi connectivity index (χ1v) is 11.4. The van der Waals surface area contributed by atoms with Gasteiger partial charge < -0.3 is 14.9 Å². The summed E-state index contributed by atoms with van der Waals surface area (Å²) in [5.74, 6) is 0.469. The summed E-state index contributed by atoms with van der Waals surface area (Å²) in [6, 6.07) is 13.9. The van der Waals surface area contributed by atoms with Crippen LogP contribution in [0.3, 0.4) is 0 Å². The van der Waals surface area contributed by atoms with Crippen LogP contribution in [0.2, 0.25) is 0 Å². The Morgan fingerprint density at radius 2 is 1.27 bits per heavy atom. The van der Waals surface area contributed by atoms with Gasteiger partial charge in [-0.25, -0.2) is 0 Å². The molecule has 0 saturated carbocycles. The molecule has 0 amide bonds. The van der Waals surface area contributed by atoms with Crippen molar-refractivity contribution >= 4 is 5.69 Å². The van der Waals surface area contributed by atoms with Crippen LogP contribution in [0.4, 0.5) is 5.69 Å². The average Bonchev–Trinajstić information content (AvgIpc) is 3.15. The number of benzene rings is 2. The largest absolute Gasteiger partial charge is 0.507 e. The molecule has 0 aromatic heterocycles. The van der Waals surface area contributed by atoms with Crippen LogP contribution < -0.4 is 9.80 Å². The molecular formula is C27H41N2O+. The van der Waals surface area contributed by atoms with Crippen LogP contribution in [-0.4, -0.2) is 32.3 Å². The Morgan fingerprint density at radius 3 is 1.67 bits per heavy atom. The highest BCUT2D eigenvalue weighted by molar-refractivity contribution is 5.52. The molecule has 2 aromatic carbocycles. The number of nitrogens with zero attached hydrogens (tertiary/aromatic N) is 1. The molecule has 2 aromatic rings. The van der Waals surface area contributed by atoms with Crippen molar-refractivity contribution < 1.29 is 10.0 Å². The summed E-state index contributed by atoms with van der Waals surface area (Å²) in [5.41, 5.74) is 5.81. The summed E-state index contributed by atoms with van der Waals surface area (Å²) in [6.07, 6.45) is 2.58. The lowest BCUT2D eigenvalue weighted by atomic mass is 9.77. The van der Waals surface area contributed by atoms with Crippen LogP contribution in [0.15, 0.2) is 36.4 Å². The lowest BCUT2D eigenvalue weighted by molar-refractivity contribution is -0.913. The number of quaternary nitrogens is 1. The van der Waals surface area contributed by atoms with Gasteiger partial charge in [-0.1, -0.05) is 53.7 Å². The third-order valence-electron chi connectivity index (χ3n) is 6.48. The Kier molecular flexibility index (Phi) is 6.25. The van der Waals surface area contributed by atoms with E-state index in [0.717, 1.165) is 11.1 Å². The first-order valence-electron chi connectivity index (χ1n) is 11.4. The summed E-state index contributed by atoms with van der Waals surface area (Å²) in [6.45, 7) is 15.6. The number of phenolic OH excluding ortho intramolecular Hbond substituents is 1. The van der Waals surface area contributed by atoms with Crippen molar-refractivity contribution in [2.24, 2.45) is 0 Å². The van der Waals surface area contributed by atoms with E-state index in [4.69, 9.17) is 0 Å². The zero-order valence-electron chi connectivity index (χ0n) is 20.3. The van der Waals surface area contributed by atoms with Gasteiger partial charge in [-0.2, -0.15) is 0 Å². The molecule has 0 spiro atoms. The number of phenols is 1. The van der Waals surface area contributed by atoms with Gasteiger partial charge in [0.1, 0.15) is 11.8 Å². The van der Waals surface area contributed by atoms with Crippen LogP contribution in [0.1, 0.15) is 82.7 Å². The number of rotatable bonds is 4. The predicted molar refractivity (Wildman–Crippen MR) is 128 cm³/mol. The van der Waals surface area contributed by atoms with Gasteiger partial charge in [0.25, 0.3) is 0 Å². The second-order valence-corrected chi connectivity index (χ2v) is 11.2. The van der Waals surface area contributed by atoms with Gasteiger partial charge in [0, 0.05) is 54.9 Å². The van der Waals surface area contributed by atoms with Crippen molar-refractivity contribution in [2.45, 2.75) is 71.3 Å². The standard InChI is InChI=1S/C27H40N2O/c1-26(2,3)22-17-20(18-23(25(22)30)27(4,5)6)24(29-15-9-10-16-29)19-11-13-21(14-12-19)28(7)8/h11-14,17-18,24,30H,9-10,15-16H2,1-8H3/p+1. The van der Waals surface area contributed by atoms with Crippen LogP contribution in [0.5, 0.6) is 5.75 Å². The predicted octanol–water partition coefficient (Wildman–Crippen LogP) is 4.82. The van der Waals surface area contributed by atoms with E-state index in [1.807, 2.05) is 0 Å². The lowest BCUT2D eigenvalue weighted by Gasteiger charge is -2.32. The second-order valence-electron chi connectivity index (χ2n) is 11.2. The molecule has 1 aliphatic rings. The van der Waals surface area contributed by atoms with E-state index in [9.17, 15) is 5.11 Å². The summed E-state index contributed by atoms with van der Waals surface area (Å²) in [4.78, 5) is 3.79. The molecule has 30 heavy (non-hydrogen) atoms. The molecule has 1 fully saturated rings. The van der Waals surface area contributed by atoms with E-state index in [0.29, 0.717) is 11.8 Å². The minimum atomic E-state index is -0.111. The molecule has 0 bridgehead atoms. The van der Waals surface area contributed by atoms with E-state index >= 15 is 0 Å². The molecule has 1 unspecified atom stereocenters. The topological polar surface area (TPSA) is 27.9 Å². The zero-order valence-corrected chi connectivity index (χ0v) is 20.3. The molecule has 2 N–H and O–H groups in total. The van der Waals surface area contributed by atoms with E-state index in [1.165, 1.54) is 42.7 Å². The van der Waals surface area contributed by atoms with Crippen LogP contribution in [0, 0.1) is 0 Å². The molecule has 1 atom stereocenters. The number of hydrogen-bond acceptors (Lipinski definition) is 2. The van der Waals surface area contributed by atoms with Crippen molar-refractivity contribution in [1.29, 1.82) is 0 Å². The van der Waals surface area contributed by atoms with Gasteiger partial charge in [0.15, 0.2) is 0 Å². The van der Waals surface area contributed by atoms with E-state index < -0.39 is 0 Å². The summed E-state index contributed by atoms with van der Waals surface area (Å²) >= 11 is 0. The van der Waals surface area contributed by atoms with Gasteiger partial charge in [-0.05, 0) is 35.1 Å². The normalized spacial score (nSPS) is 16.7. The Labute approximate surface area is 183 Å². The highest BCUT2D eigenvalue weighted by atomic mass is 16.3. The van der Waals surface area contributed by atoms with Crippen LogP contribution in [-0.2, 0) is 10.8 Å². The van der Waals surface area contributed by atoms with E-state index in [-0.39, 0.29) is 10.8 Å². The quantitative estimate of drug-likeness (QED) is 0.758. The fourth-order valence-corrected chi connectivity index (χ4v) is 4.71. The highest BCUT2D eigenvalue weighted by Gasteiger charge is 2.33. The summed E-state index contributed by atoms with van der Waals surface area (Å²) in [7, 11) is 4.17. The summed E-state index contributed by atoms with van der Waals surface area (Å²) in [5, 5.41) is 11.2. The maximum absolute atomic E-state index is 11.2. The molecule has 1 saturated heterocycles. The molecule has 3 rings (SSSR count). The molecule has 1 heterocycles. The molecule has 0 radical (unpaired) electrons. The molecule has 1 aliphatic heterocycles. The van der Waals surface area contributed by atoms with Crippen molar-refractivity contribution in [3.63, 3.8) is 0 Å². The zero-order chi connectivity index (χ0) is 22.3. The molecule has 164 valence electrons. The van der Waals surface area contributed by atoms with Crippen molar-refractivity contribution in [3.8, 4) is 5.75 Å². The van der Waals surface area contributed by atoms with Gasteiger partial charge in [0.05, 0.1) is 13.1 Å². The van der Waals surface area contributed by atoms with Gasteiger partial charge >= 0.3 is 0 Å². The Bertz CT molecular complexity index is 828. The number of hydrogen-bond donors (Lipinski definition) is 2. The molecule has 3 heteroatoms. The minimum Gasteiger partial charge on any atom is -0.507 e. The SMILES string of the molecule is CN(C)c1ccc(C(c2cc(C(C)(C)C)c(O)c(C(C)(C)C)c2)[NH+]2CCCC2)cc1. The second kappa shape index (κ2) is 8.26. The third kappa shape index (κ3) is 4.67. The third-order valence-corrected chi connectivity index (χ3v) is 6.48. The molecule has 0 aliphatic carbocycles. The van der Waals surface area contributed by atoms with Crippen molar-refractivity contribution in [2.75, 3.05) is 32.1 Å².